The van der Waals surface area contributed by atoms with Crippen molar-refractivity contribution in [2.45, 2.75) is 45.4 Å². The molecule has 0 aliphatic carbocycles. The van der Waals surface area contributed by atoms with Gasteiger partial charge in [-0.05, 0) is 48.8 Å². The van der Waals surface area contributed by atoms with Gasteiger partial charge in [-0.15, -0.1) is 0 Å². The number of hydrogen-bond acceptors (Lipinski definition) is 5. The molecule has 0 saturated carbocycles. The first kappa shape index (κ1) is 28.4. The molecule has 0 aromatic heterocycles. The van der Waals surface area contributed by atoms with Crippen molar-refractivity contribution in [1.29, 1.82) is 0 Å². The third-order valence-corrected chi connectivity index (χ3v) is 6.77. The predicted octanol–water partition coefficient (Wildman–Crippen LogP) is 1.85. The zero-order chi connectivity index (χ0) is 23.5. The van der Waals surface area contributed by atoms with Crippen LogP contribution in [0.1, 0.15) is 42.9 Å². The first-order valence-corrected chi connectivity index (χ1v) is 14.0. The minimum atomic E-state index is -4.18. The van der Waals surface area contributed by atoms with E-state index in [1.54, 1.807) is 18.2 Å². The Morgan fingerprint density at radius 2 is 1.29 bits per heavy atom. The Kier molecular flexibility index (Phi) is 12.1. The van der Waals surface area contributed by atoms with Crippen LogP contribution in [0.5, 0.6) is 0 Å². The molecule has 0 bridgehead atoms. The fraction of sp³-hybridized carbons (Fsp3) is 0.700. The van der Waals surface area contributed by atoms with Gasteiger partial charge in [-0.25, -0.2) is 0 Å². The smallest absolute Gasteiger partial charge is 0.325 e. The summed E-state index contributed by atoms with van der Waals surface area (Å²) in [5.74, 6) is 0. The number of rotatable bonds is 16. The molecule has 31 heavy (non-hydrogen) atoms. The quantitative estimate of drug-likeness (QED) is 0.152. The molecule has 0 radical (unpaired) electrons. The number of hydrogen-bond donors (Lipinski definition) is 6. The van der Waals surface area contributed by atoms with Crippen LogP contribution in [-0.4, -0.2) is 68.5 Å². The predicted molar refractivity (Wildman–Crippen MR) is 118 cm³/mol. The van der Waals surface area contributed by atoms with Gasteiger partial charge in [-0.1, -0.05) is 31.5 Å². The van der Waals surface area contributed by atoms with Gasteiger partial charge >= 0.3 is 15.2 Å². The highest BCUT2D eigenvalue weighted by Gasteiger charge is 2.29. The van der Waals surface area contributed by atoms with Crippen LogP contribution in [0.2, 0.25) is 0 Å². The number of unbranched alkanes of at least 4 members (excludes halogenated alkanes) is 1. The van der Waals surface area contributed by atoms with Crippen molar-refractivity contribution in [2.24, 2.45) is 5.41 Å². The molecule has 0 fully saturated rings. The molecule has 0 aliphatic heterocycles. The van der Waals surface area contributed by atoms with E-state index in [2.05, 4.69) is 0 Å². The summed E-state index contributed by atoms with van der Waals surface area (Å²) in [5, 5.41) is 19.7. The Labute approximate surface area is 183 Å². The lowest BCUT2D eigenvalue weighted by Gasteiger charge is -2.29. The number of ether oxygens (including phenoxy) is 1. The molecule has 1 rings (SSSR count). The van der Waals surface area contributed by atoms with Crippen molar-refractivity contribution in [3.8, 4) is 0 Å². The van der Waals surface area contributed by atoms with Gasteiger partial charge in [0.25, 0.3) is 0 Å². The Bertz CT molecular complexity index is 709. The molecule has 180 valence electrons. The van der Waals surface area contributed by atoms with Crippen LogP contribution < -0.4 is 0 Å². The van der Waals surface area contributed by atoms with Gasteiger partial charge in [0.1, 0.15) is 0 Å². The summed E-state index contributed by atoms with van der Waals surface area (Å²) >= 11 is 0. The van der Waals surface area contributed by atoms with Crippen molar-refractivity contribution < 1.29 is 43.7 Å². The zero-order valence-electron chi connectivity index (χ0n) is 18.0. The van der Waals surface area contributed by atoms with Gasteiger partial charge in [0.15, 0.2) is 0 Å². The van der Waals surface area contributed by atoms with Gasteiger partial charge < -0.3 is 34.5 Å². The monoisotopic (exact) mass is 482 g/mol. The lowest BCUT2D eigenvalue weighted by Crippen LogP contribution is -2.36. The summed E-state index contributed by atoms with van der Waals surface area (Å²) in [5.41, 5.74) is 1.32. The van der Waals surface area contributed by atoms with Crippen LogP contribution in [-0.2, 0) is 33.1 Å². The maximum absolute atomic E-state index is 11.2. The highest BCUT2D eigenvalue weighted by molar-refractivity contribution is 7.52. The van der Waals surface area contributed by atoms with E-state index in [0.29, 0.717) is 30.6 Å². The van der Waals surface area contributed by atoms with E-state index in [1.807, 2.05) is 6.92 Å². The molecule has 6 N–H and O–H groups in total. The van der Waals surface area contributed by atoms with E-state index in [1.165, 1.54) is 0 Å². The second kappa shape index (κ2) is 13.2. The third kappa shape index (κ3) is 12.3. The maximum Gasteiger partial charge on any atom is 0.325 e. The molecule has 1 aromatic rings. The Morgan fingerprint density at radius 1 is 0.839 bits per heavy atom. The van der Waals surface area contributed by atoms with E-state index >= 15 is 0 Å². The van der Waals surface area contributed by atoms with Gasteiger partial charge in [0, 0.05) is 12.0 Å². The van der Waals surface area contributed by atoms with Crippen molar-refractivity contribution in [3.63, 3.8) is 0 Å². The number of aliphatic hydroxyl groups excluding tert-OH is 2. The largest absolute Gasteiger partial charge is 0.396 e. The molecule has 9 nitrogen and oxygen atoms in total. The second-order valence-corrected chi connectivity index (χ2v) is 11.7. The van der Waals surface area contributed by atoms with Crippen molar-refractivity contribution in [2.75, 3.05) is 38.8 Å². The average Bonchev–Trinajstić information content (AvgIpc) is 2.70. The first-order chi connectivity index (χ1) is 14.4. The van der Waals surface area contributed by atoms with Crippen LogP contribution in [0, 0.1) is 5.41 Å². The Hall–Kier alpha value is -0.600. The molecule has 0 spiro atoms. The van der Waals surface area contributed by atoms with Gasteiger partial charge in [0.05, 0.1) is 32.1 Å². The lowest BCUT2D eigenvalue weighted by molar-refractivity contribution is -0.0330. The molecule has 0 saturated heterocycles. The molecule has 0 unspecified atom stereocenters. The van der Waals surface area contributed by atoms with E-state index in [-0.39, 0.29) is 45.0 Å². The van der Waals surface area contributed by atoms with E-state index in [9.17, 15) is 19.3 Å². The molecular weight excluding hydrogens is 446 g/mol. The van der Waals surface area contributed by atoms with Gasteiger partial charge in [-0.2, -0.15) is 0 Å². The van der Waals surface area contributed by atoms with Crippen LogP contribution in [0.4, 0.5) is 0 Å². The second-order valence-electron chi connectivity index (χ2n) is 8.16. The maximum atomic E-state index is 11.2. The van der Waals surface area contributed by atoms with Crippen LogP contribution in [0.25, 0.3) is 0 Å². The minimum absolute atomic E-state index is 0.131. The highest BCUT2D eigenvalue weighted by atomic mass is 31.2. The van der Waals surface area contributed by atoms with Crippen molar-refractivity contribution in [3.05, 3.63) is 34.9 Å². The standard InChI is InChI=1S/C20H36O9P2/c1-2-3-8-29-16-20(14-21,15-22)7-4-17-11-18(5-9-30(23,24)25)13-19(12-17)6-10-31(26,27)28/h11-13,21-22H,2-10,14-16H2,1H3,(H2,23,24,25)(H2,26,27,28). The molecule has 0 atom stereocenters. The first-order valence-electron chi connectivity index (χ1n) is 10.4. The number of benzene rings is 1. The van der Waals surface area contributed by atoms with Crippen LogP contribution in [0.3, 0.4) is 0 Å². The van der Waals surface area contributed by atoms with E-state index in [0.717, 1.165) is 18.4 Å². The number of aryl methyl sites for hydroxylation is 3. The average molecular weight is 482 g/mol. The SMILES string of the molecule is CCCCOCC(CO)(CO)CCc1cc(CCP(=O)(O)O)cc(CCP(=O)(O)O)c1. The number of aliphatic hydroxyl groups is 2. The summed E-state index contributed by atoms with van der Waals surface area (Å²) in [4.78, 5) is 36.6. The zero-order valence-corrected chi connectivity index (χ0v) is 19.8. The summed E-state index contributed by atoms with van der Waals surface area (Å²) in [6.07, 6.45) is 2.37. The summed E-state index contributed by atoms with van der Waals surface area (Å²) in [6.45, 7) is 2.29. The van der Waals surface area contributed by atoms with Gasteiger partial charge in [0.2, 0.25) is 0 Å². The molecule has 0 aliphatic rings. The fourth-order valence-electron chi connectivity index (χ4n) is 3.14. The minimum Gasteiger partial charge on any atom is -0.396 e. The van der Waals surface area contributed by atoms with Crippen molar-refractivity contribution >= 4 is 15.2 Å². The van der Waals surface area contributed by atoms with Crippen LogP contribution in [0.15, 0.2) is 18.2 Å². The molecule has 1 aromatic carbocycles. The summed E-state index contributed by atoms with van der Waals surface area (Å²) in [6, 6.07) is 5.30. The summed E-state index contributed by atoms with van der Waals surface area (Å²) < 4.78 is 28.1. The topological polar surface area (TPSA) is 165 Å². The van der Waals surface area contributed by atoms with Crippen molar-refractivity contribution in [1.82, 2.24) is 0 Å². The Morgan fingerprint density at radius 3 is 1.68 bits per heavy atom. The Balaban J connectivity index is 2.97. The third-order valence-electron chi connectivity index (χ3n) is 5.16. The molecule has 11 heteroatoms. The summed E-state index contributed by atoms with van der Waals surface area (Å²) in [7, 11) is -8.36. The normalized spacial score (nSPS) is 13.0. The van der Waals surface area contributed by atoms with Crippen LogP contribution >= 0.6 is 15.2 Å². The molecule has 0 amide bonds. The van der Waals surface area contributed by atoms with Gasteiger partial charge in [-0.3, -0.25) is 9.13 Å². The molecule has 0 heterocycles. The van der Waals surface area contributed by atoms with E-state index < -0.39 is 20.6 Å². The lowest BCUT2D eigenvalue weighted by atomic mass is 9.84. The van der Waals surface area contributed by atoms with E-state index in [4.69, 9.17) is 24.3 Å². The fourth-order valence-corrected chi connectivity index (χ4v) is 4.24. The molecular formula is C20H36O9P2. The highest BCUT2D eigenvalue weighted by Crippen LogP contribution is 2.36.